The molecule has 1 unspecified atom stereocenters. The minimum Gasteiger partial charge on any atom is -0.395 e. The van der Waals surface area contributed by atoms with Gasteiger partial charge in [-0.25, -0.2) is 0 Å². The lowest BCUT2D eigenvalue weighted by Crippen LogP contribution is -2.51. The smallest absolute Gasteiger partial charge is 0.282 e. The van der Waals surface area contributed by atoms with Crippen molar-refractivity contribution in [2.45, 2.75) is 25.3 Å². The number of hydrogen-bond acceptors (Lipinski definition) is 4. The zero-order valence-corrected chi connectivity index (χ0v) is 12.1. The molecule has 0 aromatic heterocycles. The first-order valence-electron chi connectivity index (χ1n) is 5.87. The summed E-state index contributed by atoms with van der Waals surface area (Å²) in [5, 5.41) is 9.25. The van der Waals surface area contributed by atoms with Crippen LogP contribution in [-0.2, 0) is 10.2 Å². The first-order valence-corrected chi connectivity index (χ1v) is 8.66. The zero-order chi connectivity index (χ0) is 12.9. The molecule has 0 spiro atoms. The molecule has 1 aliphatic rings. The molecule has 1 rings (SSSR count). The summed E-state index contributed by atoms with van der Waals surface area (Å²) in [4.78, 5) is 0. The molecule has 5 nitrogen and oxygen atoms in total. The minimum absolute atomic E-state index is 0.0877. The highest BCUT2D eigenvalue weighted by Gasteiger charge is 2.34. The van der Waals surface area contributed by atoms with Crippen LogP contribution in [0.25, 0.3) is 0 Å². The van der Waals surface area contributed by atoms with Gasteiger partial charge >= 0.3 is 0 Å². The molecular weight excluding hydrogens is 260 g/mol. The first kappa shape index (κ1) is 15.2. The predicted octanol–water partition coefficient (Wildman–Crippen LogP) is 0.373. The normalized spacial score (nSPS) is 23.2. The molecule has 1 fully saturated rings. The van der Waals surface area contributed by atoms with E-state index >= 15 is 0 Å². The Hall–Kier alpha value is 0.180. The lowest BCUT2D eigenvalue weighted by Gasteiger charge is -2.36. The summed E-state index contributed by atoms with van der Waals surface area (Å²) >= 11 is 1.63. The number of aliphatic hydroxyl groups excluding tert-OH is 1. The Morgan fingerprint density at radius 2 is 2.18 bits per heavy atom. The first-order chi connectivity index (χ1) is 8.04. The number of nitrogens with zero attached hydrogens (tertiary/aromatic N) is 2. The van der Waals surface area contributed by atoms with Crippen LogP contribution >= 0.6 is 11.8 Å². The highest BCUT2D eigenvalue weighted by molar-refractivity contribution is 7.98. The average molecular weight is 282 g/mol. The van der Waals surface area contributed by atoms with Crippen LogP contribution in [0.15, 0.2) is 0 Å². The summed E-state index contributed by atoms with van der Waals surface area (Å²) in [6.07, 6.45) is 4.59. The van der Waals surface area contributed by atoms with Gasteiger partial charge in [0.15, 0.2) is 0 Å². The molecule has 17 heavy (non-hydrogen) atoms. The van der Waals surface area contributed by atoms with Gasteiger partial charge in [0.05, 0.1) is 6.61 Å². The molecule has 0 saturated carbocycles. The van der Waals surface area contributed by atoms with Crippen LogP contribution in [0, 0.1) is 0 Å². The van der Waals surface area contributed by atoms with Crippen LogP contribution in [0.4, 0.5) is 0 Å². The summed E-state index contributed by atoms with van der Waals surface area (Å²) in [5.74, 6) is 0.785. The summed E-state index contributed by atoms with van der Waals surface area (Å²) in [5.41, 5.74) is 0. The molecule has 102 valence electrons. The summed E-state index contributed by atoms with van der Waals surface area (Å²) in [6, 6.07) is -0.245. The van der Waals surface area contributed by atoms with Crippen molar-refractivity contribution in [2.24, 2.45) is 0 Å². The zero-order valence-electron chi connectivity index (χ0n) is 10.5. The monoisotopic (exact) mass is 282 g/mol. The summed E-state index contributed by atoms with van der Waals surface area (Å²) in [6.45, 7) is 0.949. The van der Waals surface area contributed by atoms with Crippen LogP contribution in [0.5, 0.6) is 0 Å². The van der Waals surface area contributed by atoms with Crippen LogP contribution in [0.3, 0.4) is 0 Å². The molecule has 1 heterocycles. The highest BCUT2D eigenvalue weighted by atomic mass is 32.2. The van der Waals surface area contributed by atoms with E-state index in [-0.39, 0.29) is 12.6 Å². The molecule has 1 N–H and O–H groups in total. The maximum atomic E-state index is 12.3. The van der Waals surface area contributed by atoms with Gasteiger partial charge in [-0.1, -0.05) is 6.42 Å². The maximum Gasteiger partial charge on any atom is 0.282 e. The lowest BCUT2D eigenvalue weighted by atomic mass is 10.1. The van der Waals surface area contributed by atoms with E-state index in [0.717, 1.165) is 25.0 Å². The molecule has 0 aromatic rings. The number of aliphatic hydroxyl groups is 1. The van der Waals surface area contributed by atoms with Crippen LogP contribution < -0.4 is 0 Å². The van der Waals surface area contributed by atoms with Crippen molar-refractivity contribution in [3.8, 4) is 0 Å². The topological polar surface area (TPSA) is 60.9 Å². The third kappa shape index (κ3) is 3.82. The Bertz CT molecular complexity index is 322. The standard InChI is InChI=1S/C10H22N2O3S2/c1-11(7-8-16-2)17(14,15)12-6-4-3-5-10(12)9-13/h10,13H,3-9H2,1-2H3. The fraction of sp³-hybridized carbons (Fsp3) is 1.00. The van der Waals surface area contributed by atoms with E-state index in [1.54, 1.807) is 18.8 Å². The van der Waals surface area contributed by atoms with E-state index in [0.29, 0.717) is 13.1 Å². The van der Waals surface area contributed by atoms with E-state index in [2.05, 4.69) is 0 Å². The molecule has 0 aliphatic carbocycles. The van der Waals surface area contributed by atoms with Gasteiger partial charge < -0.3 is 5.11 Å². The summed E-state index contributed by atoms with van der Waals surface area (Å²) in [7, 11) is -1.80. The van der Waals surface area contributed by atoms with Gasteiger partial charge in [0.1, 0.15) is 0 Å². The van der Waals surface area contributed by atoms with Gasteiger partial charge in [0, 0.05) is 31.9 Å². The van der Waals surface area contributed by atoms with Crippen molar-refractivity contribution in [3.63, 3.8) is 0 Å². The predicted molar refractivity (Wildman–Crippen MR) is 71.4 cm³/mol. The van der Waals surface area contributed by atoms with Crippen LogP contribution in [0.1, 0.15) is 19.3 Å². The Morgan fingerprint density at radius 3 is 2.76 bits per heavy atom. The molecule has 0 bridgehead atoms. The van der Waals surface area contributed by atoms with Crippen molar-refractivity contribution < 1.29 is 13.5 Å². The largest absolute Gasteiger partial charge is 0.395 e. The van der Waals surface area contributed by atoms with Crippen molar-refractivity contribution in [1.29, 1.82) is 0 Å². The lowest BCUT2D eigenvalue weighted by molar-refractivity contribution is 0.149. The fourth-order valence-electron chi connectivity index (χ4n) is 1.97. The number of rotatable bonds is 6. The molecule has 1 aliphatic heterocycles. The molecule has 1 saturated heterocycles. The molecule has 7 heteroatoms. The van der Waals surface area contributed by atoms with Crippen molar-refractivity contribution >= 4 is 22.0 Å². The molecular formula is C10H22N2O3S2. The van der Waals surface area contributed by atoms with Crippen molar-refractivity contribution in [1.82, 2.24) is 8.61 Å². The van der Waals surface area contributed by atoms with Gasteiger partial charge in [-0.2, -0.15) is 28.8 Å². The van der Waals surface area contributed by atoms with Gasteiger partial charge in [0.2, 0.25) is 0 Å². The second-order valence-corrected chi connectivity index (χ2v) is 7.24. The Morgan fingerprint density at radius 1 is 1.47 bits per heavy atom. The molecule has 0 radical (unpaired) electrons. The number of hydrogen-bond donors (Lipinski definition) is 1. The van der Waals surface area contributed by atoms with Crippen LogP contribution in [-0.4, -0.2) is 66.9 Å². The number of piperidine rings is 1. The fourth-order valence-corrected chi connectivity index (χ4v) is 4.14. The van der Waals surface area contributed by atoms with Gasteiger partial charge in [-0.15, -0.1) is 0 Å². The molecule has 1 atom stereocenters. The van der Waals surface area contributed by atoms with Gasteiger partial charge in [-0.3, -0.25) is 0 Å². The van der Waals surface area contributed by atoms with Crippen LogP contribution in [0.2, 0.25) is 0 Å². The second-order valence-electron chi connectivity index (χ2n) is 4.27. The minimum atomic E-state index is -3.40. The SMILES string of the molecule is CSCCN(C)S(=O)(=O)N1CCCCC1CO. The molecule has 0 aromatic carbocycles. The maximum absolute atomic E-state index is 12.3. The van der Waals surface area contributed by atoms with Gasteiger partial charge in [-0.05, 0) is 19.1 Å². The third-order valence-electron chi connectivity index (χ3n) is 3.08. The molecule has 0 amide bonds. The van der Waals surface area contributed by atoms with Crippen molar-refractivity contribution in [3.05, 3.63) is 0 Å². The van der Waals surface area contributed by atoms with E-state index in [4.69, 9.17) is 0 Å². The van der Waals surface area contributed by atoms with E-state index in [1.165, 1.54) is 8.61 Å². The van der Waals surface area contributed by atoms with E-state index < -0.39 is 10.2 Å². The van der Waals surface area contributed by atoms with E-state index in [1.807, 2.05) is 6.26 Å². The van der Waals surface area contributed by atoms with Crippen molar-refractivity contribution in [2.75, 3.05) is 38.8 Å². The third-order valence-corrected chi connectivity index (χ3v) is 5.72. The quantitative estimate of drug-likeness (QED) is 0.765. The summed E-state index contributed by atoms with van der Waals surface area (Å²) < 4.78 is 27.4. The van der Waals surface area contributed by atoms with Gasteiger partial charge in [0.25, 0.3) is 10.2 Å². The average Bonchev–Trinajstić information content (AvgIpc) is 2.35. The number of thioether (sulfide) groups is 1. The second kappa shape index (κ2) is 6.94. The Balaban J connectivity index is 2.73. The highest BCUT2D eigenvalue weighted by Crippen LogP contribution is 2.21. The van der Waals surface area contributed by atoms with E-state index in [9.17, 15) is 13.5 Å². The Kier molecular flexibility index (Phi) is 6.22. The Labute approximate surface area is 108 Å².